The van der Waals surface area contributed by atoms with E-state index in [1.54, 1.807) is 5.51 Å². The van der Waals surface area contributed by atoms with Crippen molar-refractivity contribution in [2.75, 3.05) is 0 Å². The summed E-state index contributed by atoms with van der Waals surface area (Å²) in [5.41, 5.74) is 2.71. The first-order chi connectivity index (χ1) is 6.75. The van der Waals surface area contributed by atoms with Crippen LogP contribution in [0, 0.1) is 6.92 Å². The summed E-state index contributed by atoms with van der Waals surface area (Å²) in [6.45, 7) is 1.99. The topological polar surface area (TPSA) is 35.0 Å². The van der Waals surface area contributed by atoms with E-state index in [2.05, 4.69) is 26.1 Å². The molecule has 1 aromatic heterocycles. The lowest BCUT2D eigenvalue weighted by Crippen LogP contribution is -1.86. The van der Waals surface area contributed by atoms with E-state index in [4.69, 9.17) is 4.74 Å². The number of hydrogen-bond donors (Lipinski definition) is 0. The molecular formula is C9H7BrN2OS. The van der Waals surface area contributed by atoms with Crippen LogP contribution in [0.3, 0.4) is 0 Å². The molecule has 3 nitrogen and oxygen atoms in total. The van der Waals surface area contributed by atoms with E-state index >= 15 is 0 Å². The smallest absolute Gasteiger partial charge is 0.299 e. The standard InChI is InChI=1S/C9H7BrN2OS/c1-6-4-7(10)2-3-8(6)13-9-12-11-5-14-9/h2-5H,1H3. The van der Waals surface area contributed by atoms with Gasteiger partial charge in [0.25, 0.3) is 5.19 Å². The molecule has 5 heteroatoms. The molecule has 0 amide bonds. The minimum Gasteiger partial charge on any atom is -0.430 e. The van der Waals surface area contributed by atoms with Gasteiger partial charge in [-0.2, -0.15) is 0 Å². The predicted octanol–water partition coefficient (Wildman–Crippen LogP) is 3.40. The summed E-state index contributed by atoms with van der Waals surface area (Å²) in [6.07, 6.45) is 0. The van der Waals surface area contributed by atoms with E-state index in [-0.39, 0.29) is 0 Å². The number of aromatic nitrogens is 2. The number of halogens is 1. The quantitative estimate of drug-likeness (QED) is 0.839. The fraction of sp³-hybridized carbons (Fsp3) is 0.111. The van der Waals surface area contributed by atoms with E-state index in [1.165, 1.54) is 11.3 Å². The Morgan fingerprint density at radius 2 is 2.29 bits per heavy atom. The maximum Gasteiger partial charge on any atom is 0.299 e. The van der Waals surface area contributed by atoms with Crippen LogP contribution < -0.4 is 4.74 Å². The van der Waals surface area contributed by atoms with Gasteiger partial charge in [-0.05, 0) is 30.7 Å². The highest BCUT2D eigenvalue weighted by Gasteiger charge is 2.03. The molecule has 72 valence electrons. The second kappa shape index (κ2) is 4.06. The highest BCUT2D eigenvalue weighted by Crippen LogP contribution is 2.27. The van der Waals surface area contributed by atoms with Gasteiger partial charge in [0.05, 0.1) is 0 Å². The van der Waals surface area contributed by atoms with Crippen molar-refractivity contribution in [2.45, 2.75) is 6.92 Å². The van der Waals surface area contributed by atoms with Crippen LogP contribution in [0.2, 0.25) is 0 Å². The van der Waals surface area contributed by atoms with Gasteiger partial charge >= 0.3 is 0 Å². The van der Waals surface area contributed by atoms with E-state index in [9.17, 15) is 0 Å². The lowest BCUT2D eigenvalue weighted by atomic mass is 10.2. The Kier molecular flexibility index (Phi) is 2.79. The van der Waals surface area contributed by atoms with Gasteiger partial charge in [0.15, 0.2) is 0 Å². The summed E-state index contributed by atoms with van der Waals surface area (Å²) in [5.74, 6) is 0.810. The van der Waals surface area contributed by atoms with Crippen LogP contribution in [0.1, 0.15) is 5.56 Å². The van der Waals surface area contributed by atoms with E-state index in [0.717, 1.165) is 15.8 Å². The molecule has 0 fully saturated rings. The van der Waals surface area contributed by atoms with Gasteiger partial charge in [0.2, 0.25) is 0 Å². The lowest BCUT2D eigenvalue weighted by Gasteiger charge is -2.04. The SMILES string of the molecule is Cc1cc(Br)ccc1Oc1nncs1. The summed E-state index contributed by atoms with van der Waals surface area (Å²) < 4.78 is 6.57. The molecule has 2 aromatic rings. The maximum atomic E-state index is 5.53. The van der Waals surface area contributed by atoms with Crippen LogP contribution >= 0.6 is 27.3 Å². The zero-order valence-electron chi connectivity index (χ0n) is 7.40. The molecule has 0 saturated carbocycles. The van der Waals surface area contributed by atoms with Gasteiger partial charge in [0.1, 0.15) is 11.3 Å². The van der Waals surface area contributed by atoms with Crippen LogP contribution in [-0.2, 0) is 0 Å². The Balaban J connectivity index is 2.25. The Labute approximate surface area is 93.9 Å². The number of aryl methyl sites for hydroxylation is 1. The average molecular weight is 271 g/mol. The third-order valence-corrected chi connectivity index (χ3v) is 2.73. The number of rotatable bonds is 2. The van der Waals surface area contributed by atoms with Gasteiger partial charge in [-0.1, -0.05) is 32.4 Å². The first kappa shape index (κ1) is 9.61. The van der Waals surface area contributed by atoms with Gasteiger partial charge < -0.3 is 4.74 Å². The van der Waals surface area contributed by atoms with Gasteiger partial charge in [0, 0.05) is 4.47 Å². The molecule has 1 aromatic carbocycles. The fourth-order valence-electron chi connectivity index (χ4n) is 1.03. The van der Waals surface area contributed by atoms with Crippen LogP contribution in [0.25, 0.3) is 0 Å². The third kappa shape index (κ3) is 2.10. The lowest BCUT2D eigenvalue weighted by molar-refractivity contribution is 0.469. The van der Waals surface area contributed by atoms with Crippen molar-refractivity contribution in [1.82, 2.24) is 10.2 Å². The van der Waals surface area contributed by atoms with Crippen molar-refractivity contribution < 1.29 is 4.74 Å². The van der Waals surface area contributed by atoms with Crippen LogP contribution in [0.4, 0.5) is 0 Å². The number of nitrogens with zero attached hydrogens (tertiary/aromatic N) is 2. The summed E-state index contributed by atoms with van der Waals surface area (Å²) in [4.78, 5) is 0. The molecule has 0 radical (unpaired) electrons. The first-order valence-corrected chi connectivity index (χ1v) is 5.63. The second-order valence-electron chi connectivity index (χ2n) is 2.72. The number of hydrogen-bond acceptors (Lipinski definition) is 4. The molecule has 0 aliphatic rings. The first-order valence-electron chi connectivity index (χ1n) is 3.96. The van der Waals surface area contributed by atoms with Gasteiger partial charge in [-0.15, -0.1) is 5.10 Å². The van der Waals surface area contributed by atoms with Crippen LogP contribution in [0.15, 0.2) is 28.2 Å². The molecule has 1 heterocycles. The van der Waals surface area contributed by atoms with Crippen molar-refractivity contribution in [2.24, 2.45) is 0 Å². The van der Waals surface area contributed by atoms with Crippen molar-refractivity contribution in [3.8, 4) is 10.9 Å². The highest BCUT2D eigenvalue weighted by molar-refractivity contribution is 9.10. The van der Waals surface area contributed by atoms with Crippen molar-refractivity contribution in [1.29, 1.82) is 0 Å². The molecule has 0 saturated heterocycles. The minimum absolute atomic E-state index is 0.565. The molecule has 0 unspecified atom stereocenters. The van der Waals surface area contributed by atoms with Crippen molar-refractivity contribution >= 4 is 27.3 Å². The zero-order chi connectivity index (χ0) is 9.97. The Morgan fingerprint density at radius 1 is 1.43 bits per heavy atom. The number of benzene rings is 1. The zero-order valence-corrected chi connectivity index (χ0v) is 9.80. The van der Waals surface area contributed by atoms with Gasteiger partial charge in [-0.3, -0.25) is 0 Å². The largest absolute Gasteiger partial charge is 0.430 e. The molecular weight excluding hydrogens is 264 g/mol. The normalized spacial score (nSPS) is 10.1. The van der Waals surface area contributed by atoms with Crippen molar-refractivity contribution in [3.05, 3.63) is 33.7 Å². The monoisotopic (exact) mass is 270 g/mol. The third-order valence-electron chi connectivity index (χ3n) is 1.67. The summed E-state index contributed by atoms with van der Waals surface area (Å²) in [7, 11) is 0. The summed E-state index contributed by atoms with van der Waals surface area (Å²) in [5, 5.41) is 8.07. The second-order valence-corrected chi connectivity index (χ2v) is 4.43. The van der Waals surface area contributed by atoms with E-state index in [1.807, 2.05) is 25.1 Å². The molecule has 0 atom stereocenters. The van der Waals surface area contributed by atoms with E-state index < -0.39 is 0 Å². The average Bonchev–Trinajstić information content (AvgIpc) is 2.62. The maximum absolute atomic E-state index is 5.53. The highest BCUT2D eigenvalue weighted by atomic mass is 79.9. The molecule has 0 spiro atoms. The van der Waals surface area contributed by atoms with Crippen molar-refractivity contribution in [3.63, 3.8) is 0 Å². The molecule has 0 aliphatic heterocycles. The number of ether oxygens (including phenoxy) is 1. The Hall–Kier alpha value is -0.940. The Morgan fingerprint density at radius 3 is 2.93 bits per heavy atom. The van der Waals surface area contributed by atoms with E-state index in [0.29, 0.717) is 5.19 Å². The fourth-order valence-corrected chi connectivity index (χ4v) is 1.92. The Bertz CT molecular complexity index is 430. The molecule has 0 bridgehead atoms. The predicted molar refractivity (Wildman–Crippen MR) is 58.9 cm³/mol. The molecule has 14 heavy (non-hydrogen) atoms. The van der Waals surface area contributed by atoms with Crippen LogP contribution in [0.5, 0.6) is 10.9 Å². The molecule has 0 aliphatic carbocycles. The summed E-state index contributed by atoms with van der Waals surface area (Å²) >= 11 is 4.77. The minimum atomic E-state index is 0.565. The van der Waals surface area contributed by atoms with Crippen LogP contribution in [-0.4, -0.2) is 10.2 Å². The molecule has 0 N–H and O–H groups in total. The van der Waals surface area contributed by atoms with Gasteiger partial charge in [-0.25, -0.2) is 0 Å². The summed E-state index contributed by atoms with van der Waals surface area (Å²) in [6, 6.07) is 5.83. The molecule has 2 rings (SSSR count).